The molecule has 0 aliphatic rings. The van der Waals surface area contributed by atoms with Crippen LogP contribution in [0, 0.1) is 6.92 Å². The first kappa shape index (κ1) is 21.9. The number of sulfonamides is 1. The van der Waals surface area contributed by atoms with Crippen molar-refractivity contribution in [2.75, 3.05) is 5.32 Å². The van der Waals surface area contributed by atoms with E-state index in [1.165, 1.54) is 31.2 Å². The molecule has 0 aromatic heterocycles. The average molecular weight is 407 g/mol. The van der Waals surface area contributed by atoms with Crippen molar-refractivity contribution in [2.24, 2.45) is 0 Å². The second-order valence-corrected chi connectivity index (χ2v) is 8.25. The van der Waals surface area contributed by atoms with Crippen LogP contribution in [0.3, 0.4) is 0 Å². The van der Waals surface area contributed by atoms with Crippen LogP contribution in [-0.2, 0) is 21.2 Å². The topological polar surface area (TPSA) is 105 Å². The molecule has 0 aliphatic heterocycles. The van der Waals surface area contributed by atoms with E-state index in [0.29, 0.717) is 11.4 Å². The van der Waals surface area contributed by atoms with Crippen LogP contribution >= 0.6 is 0 Å². The molecule has 0 saturated carbocycles. The Morgan fingerprint density at radius 2 is 1.79 bits per heavy atom. The van der Waals surface area contributed by atoms with Gasteiger partial charge in [0.2, 0.25) is 10.0 Å². The van der Waals surface area contributed by atoms with E-state index in [2.05, 4.69) is 10.0 Å². The second kappa shape index (κ2) is 9.18. The lowest BCUT2D eigenvalue weighted by Gasteiger charge is -2.17. The molecule has 0 aliphatic carbocycles. The standard InChI is InChI=1S/C20H26N2O5S/c1-5-16-12-13(2)6-11-19(16)27-14(3)20(24)21-17-7-9-18(10-8-17)28(25,26)22-15(4)23/h6-12,14-15,22-23H,5H2,1-4H3,(H,21,24). The molecule has 0 saturated heterocycles. The number of aryl methyl sites for hydroxylation is 2. The Kier molecular flexibility index (Phi) is 7.17. The molecule has 0 heterocycles. The summed E-state index contributed by atoms with van der Waals surface area (Å²) in [5, 5.41) is 11.9. The van der Waals surface area contributed by atoms with Crippen LogP contribution in [0.5, 0.6) is 5.75 Å². The Bertz CT molecular complexity index is 924. The third-order valence-corrected chi connectivity index (χ3v) is 5.57. The number of hydrogen-bond acceptors (Lipinski definition) is 5. The Morgan fingerprint density at radius 3 is 2.36 bits per heavy atom. The van der Waals surface area contributed by atoms with Gasteiger partial charge in [0.25, 0.3) is 5.91 Å². The van der Waals surface area contributed by atoms with E-state index in [1.54, 1.807) is 6.92 Å². The minimum absolute atomic E-state index is 0.0112. The van der Waals surface area contributed by atoms with Gasteiger partial charge in [-0.25, -0.2) is 8.42 Å². The highest BCUT2D eigenvalue weighted by Gasteiger charge is 2.18. The highest BCUT2D eigenvalue weighted by molar-refractivity contribution is 7.89. The largest absolute Gasteiger partial charge is 0.481 e. The summed E-state index contributed by atoms with van der Waals surface area (Å²) in [6.07, 6.45) is -1.13. The zero-order valence-electron chi connectivity index (χ0n) is 16.4. The Hall–Kier alpha value is -2.42. The first-order chi connectivity index (χ1) is 13.1. The van der Waals surface area contributed by atoms with Crippen molar-refractivity contribution >= 4 is 21.6 Å². The Labute approximate surface area is 165 Å². The SMILES string of the molecule is CCc1cc(C)ccc1OC(C)C(=O)Nc1ccc(S(=O)(=O)NC(C)O)cc1. The summed E-state index contributed by atoms with van der Waals surface area (Å²) in [6, 6.07) is 11.5. The molecule has 2 aromatic rings. The fourth-order valence-corrected chi connectivity index (χ4v) is 3.68. The van der Waals surface area contributed by atoms with Crippen LogP contribution < -0.4 is 14.8 Å². The van der Waals surface area contributed by atoms with Crippen LogP contribution in [0.4, 0.5) is 5.69 Å². The first-order valence-corrected chi connectivity index (χ1v) is 10.5. The second-order valence-electron chi connectivity index (χ2n) is 6.54. The number of amides is 1. The Balaban J connectivity index is 2.04. The molecular weight excluding hydrogens is 380 g/mol. The van der Waals surface area contributed by atoms with Crippen molar-refractivity contribution in [3.05, 3.63) is 53.6 Å². The number of anilines is 1. The predicted octanol–water partition coefficient (Wildman–Crippen LogP) is 2.58. The fourth-order valence-electron chi connectivity index (χ4n) is 2.60. The van der Waals surface area contributed by atoms with Gasteiger partial charge < -0.3 is 15.2 Å². The first-order valence-electron chi connectivity index (χ1n) is 9.00. The molecule has 1 amide bonds. The monoisotopic (exact) mass is 406 g/mol. The van der Waals surface area contributed by atoms with Gasteiger partial charge in [0.1, 0.15) is 12.0 Å². The van der Waals surface area contributed by atoms with Crippen molar-refractivity contribution in [2.45, 2.75) is 51.3 Å². The number of ether oxygens (including phenoxy) is 1. The van der Waals surface area contributed by atoms with Gasteiger partial charge >= 0.3 is 0 Å². The molecule has 0 radical (unpaired) electrons. The molecule has 2 rings (SSSR count). The van der Waals surface area contributed by atoms with Crippen molar-refractivity contribution in [3.63, 3.8) is 0 Å². The van der Waals surface area contributed by atoms with E-state index in [0.717, 1.165) is 17.5 Å². The van der Waals surface area contributed by atoms with Gasteiger partial charge in [-0.15, -0.1) is 0 Å². The molecule has 8 heteroatoms. The fraction of sp³-hybridized carbons (Fsp3) is 0.350. The number of aliphatic hydroxyl groups excluding tert-OH is 1. The van der Waals surface area contributed by atoms with E-state index in [1.807, 2.05) is 32.0 Å². The number of rotatable bonds is 8. The maximum absolute atomic E-state index is 12.4. The molecule has 2 unspecified atom stereocenters. The van der Waals surface area contributed by atoms with Crippen LogP contribution in [0.2, 0.25) is 0 Å². The third-order valence-electron chi connectivity index (χ3n) is 4.03. The summed E-state index contributed by atoms with van der Waals surface area (Å²) in [5.74, 6) is 0.321. The highest BCUT2D eigenvalue weighted by Crippen LogP contribution is 2.22. The highest BCUT2D eigenvalue weighted by atomic mass is 32.2. The average Bonchev–Trinajstić information content (AvgIpc) is 2.62. The molecule has 2 aromatic carbocycles. The van der Waals surface area contributed by atoms with E-state index in [-0.39, 0.29) is 10.8 Å². The molecule has 0 spiro atoms. The van der Waals surface area contributed by atoms with E-state index in [4.69, 9.17) is 4.74 Å². The zero-order valence-corrected chi connectivity index (χ0v) is 17.2. The minimum Gasteiger partial charge on any atom is -0.481 e. The smallest absolute Gasteiger partial charge is 0.265 e. The minimum atomic E-state index is -3.81. The van der Waals surface area contributed by atoms with Gasteiger partial charge in [-0.3, -0.25) is 4.79 Å². The van der Waals surface area contributed by atoms with Gasteiger partial charge in [-0.1, -0.05) is 24.6 Å². The van der Waals surface area contributed by atoms with Crippen LogP contribution in [-0.4, -0.2) is 31.8 Å². The summed E-state index contributed by atoms with van der Waals surface area (Å²) in [5.41, 5.74) is 2.59. The van der Waals surface area contributed by atoms with Gasteiger partial charge in [0.15, 0.2) is 6.10 Å². The van der Waals surface area contributed by atoms with Gasteiger partial charge in [0.05, 0.1) is 4.90 Å². The number of aliphatic hydroxyl groups is 1. The number of benzene rings is 2. The molecule has 0 fully saturated rings. The molecule has 7 nitrogen and oxygen atoms in total. The number of hydrogen-bond donors (Lipinski definition) is 3. The molecule has 0 bridgehead atoms. The van der Waals surface area contributed by atoms with Crippen molar-refractivity contribution < 1.29 is 23.1 Å². The van der Waals surface area contributed by atoms with Crippen LogP contribution in [0.25, 0.3) is 0 Å². The normalized spacial score (nSPS) is 13.6. The summed E-state index contributed by atoms with van der Waals surface area (Å²) < 4.78 is 31.9. The summed E-state index contributed by atoms with van der Waals surface area (Å²) in [4.78, 5) is 12.4. The summed E-state index contributed by atoms with van der Waals surface area (Å²) in [6.45, 7) is 6.99. The zero-order chi connectivity index (χ0) is 20.9. The summed E-state index contributed by atoms with van der Waals surface area (Å²) >= 11 is 0. The maximum atomic E-state index is 12.4. The van der Waals surface area contributed by atoms with Crippen molar-refractivity contribution in [1.29, 1.82) is 0 Å². The van der Waals surface area contributed by atoms with Crippen molar-refractivity contribution in [1.82, 2.24) is 4.72 Å². The Morgan fingerprint density at radius 1 is 1.14 bits per heavy atom. The van der Waals surface area contributed by atoms with Crippen LogP contribution in [0.1, 0.15) is 31.9 Å². The molecule has 152 valence electrons. The predicted molar refractivity (Wildman–Crippen MR) is 108 cm³/mol. The van der Waals surface area contributed by atoms with Crippen molar-refractivity contribution in [3.8, 4) is 5.75 Å². The van der Waals surface area contributed by atoms with E-state index < -0.39 is 22.4 Å². The summed E-state index contributed by atoms with van der Waals surface area (Å²) in [7, 11) is -3.81. The van der Waals surface area contributed by atoms with Gasteiger partial charge in [-0.2, -0.15) is 4.72 Å². The van der Waals surface area contributed by atoms with Gasteiger partial charge in [-0.05, 0) is 63.1 Å². The number of nitrogens with one attached hydrogen (secondary N) is 2. The molecular formula is C20H26N2O5S. The lowest BCUT2D eigenvalue weighted by atomic mass is 10.1. The van der Waals surface area contributed by atoms with E-state index >= 15 is 0 Å². The number of carbonyl (C=O) groups excluding carboxylic acids is 1. The van der Waals surface area contributed by atoms with E-state index in [9.17, 15) is 18.3 Å². The quantitative estimate of drug-likeness (QED) is 0.585. The van der Waals surface area contributed by atoms with Gasteiger partial charge in [0, 0.05) is 5.69 Å². The number of carbonyl (C=O) groups is 1. The third kappa shape index (κ3) is 5.79. The lowest BCUT2D eigenvalue weighted by molar-refractivity contribution is -0.122. The van der Waals surface area contributed by atoms with Crippen LogP contribution in [0.15, 0.2) is 47.4 Å². The molecule has 3 N–H and O–H groups in total. The molecule has 28 heavy (non-hydrogen) atoms. The molecule has 2 atom stereocenters. The maximum Gasteiger partial charge on any atom is 0.265 e. The lowest BCUT2D eigenvalue weighted by Crippen LogP contribution is -2.32.